The molecule has 1 heterocycles. The van der Waals surface area contributed by atoms with Crippen LogP contribution in [0.15, 0.2) is 24.3 Å². The second-order valence-electron chi connectivity index (χ2n) is 3.27. The van der Waals surface area contributed by atoms with E-state index in [0.717, 1.165) is 6.07 Å². The number of aromatic amines is 1. The number of rotatable bonds is 1. The van der Waals surface area contributed by atoms with Crippen molar-refractivity contribution in [3.05, 3.63) is 39.5 Å². The first-order chi connectivity index (χ1) is 7.89. The summed E-state index contributed by atoms with van der Waals surface area (Å²) in [6.07, 6.45) is -4.54. The van der Waals surface area contributed by atoms with Gasteiger partial charge in [0.05, 0.1) is 0 Å². The van der Waals surface area contributed by atoms with Gasteiger partial charge in [0.2, 0.25) is 0 Å². The van der Waals surface area contributed by atoms with Crippen LogP contribution in [0.1, 0.15) is 5.69 Å². The van der Waals surface area contributed by atoms with Crippen LogP contribution in [0, 0.1) is 9.52 Å². The molecule has 0 saturated heterocycles. The van der Waals surface area contributed by atoms with E-state index in [2.05, 4.69) is 5.10 Å². The van der Waals surface area contributed by atoms with E-state index in [0.29, 0.717) is 0 Å². The molecule has 0 bridgehead atoms. The maximum Gasteiger partial charge on any atom is 0.433 e. The molecule has 0 unspecified atom stereocenters. The zero-order valence-corrected chi connectivity index (χ0v) is 10.3. The number of hydrogen-bond acceptors (Lipinski definition) is 1. The van der Waals surface area contributed by atoms with Gasteiger partial charge in [-0.25, -0.2) is 4.39 Å². The first kappa shape index (κ1) is 12.3. The standard InChI is InChI=1S/C10H5F4IN2/c11-6-3-1-2-5(4-6)7-8(10(12,13)14)16-17-9(7)15/h1-4H,(H,16,17). The lowest BCUT2D eigenvalue weighted by molar-refractivity contribution is -0.140. The number of H-pyrrole nitrogens is 1. The molecule has 1 aromatic heterocycles. The van der Waals surface area contributed by atoms with Gasteiger partial charge < -0.3 is 0 Å². The second-order valence-corrected chi connectivity index (χ2v) is 4.29. The quantitative estimate of drug-likeness (QED) is 0.611. The Kier molecular flexibility index (Phi) is 3.11. The summed E-state index contributed by atoms with van der Waals surface area (Å²) in [5, 5.41) is 5.44. The fourth-order valence-electron chi connectivity index (χ4n) is 1.43. The summed E-state index contributed by atoms with van der Waals surface area (Å²) in [5.74, 6) is -0.590. The minimum atomic E-state index is -4.54. The van der Waals surface area contributed by atoms with Crippen molar-refractivity contribution in [3.63, 3.8) is 0 Å². The zero-order valence-electron chi connectivity index (χ0n) is 8.15. The molecule has 0 fully saturated rings. The summed E-state index contributed by atoms with van der Waals surface area (Å²) in [7, 11) is 0. The highest BCUT2D eigenvalue weighted by Crippen LogP contribution is 2.37. The Bertz CT molecular complexity index is 547. The summed E-state index contributed by atoms with van der Waals surface area (Å²) < 4.78 is 51.2. The molecule has 7 heteroatoms. The van der Waals surface area contributed by atoms with E-state index in [9.17, 15) is 17.6 Å². The van der Waals surface area contributed by atoms with Crippen molar-refractivity contribution in [2.75, 3.05) is 0 Å². The van der Waals surface area contributed by atoms with E-state index in [1.54, 1.807) is 22.6 Å². The SMILES string of the molecule is Fc1cccc(-c2c(I)n[nH]c2C(F)(F)F)c1. The Hall–Kier alpha value is -1.12. The van der Waals surface area contributed by atoms with Gasteiger partial charge in [-0.2, -0.15) is 18.3 Å². The van der Waals surface area contributed by atoms with Crippen molar-refractivity contribution >= 4 is 22.6 Å². The smallest absolute Gasteiger partial charge is 0.272 e. The third-order valence-corrected chi connectivity index (χ3v) is 2.90. The van der Waals surface area contributed by atoms with Gasteiger partial charge in [-0.15, -0.1) is 0 Å². The summed E-state index contributed by atoms with van der Waals surface area (Å²) in [5.41, 5.74) is -0.944. The maximum atomic E-state index is 13.0. The van der Waals surface area contributed by atoms with E-state index in [-0.39, 0.29) is 14.8 Å². The molecular weight excluding hydrogens is 351 g/mol. The molecule has 0 radical (unpaired) electrons. The van der Waals surface area contributed by atoms with E-state index >= 15 is 0 Å². The molecule has 90 valence electrons. The van der Waals surface area contributed by atoms with Crippen LogP contribution in [0.25, 0.3) is 11.1 Å². The molecule has 0 atom stereocenters. The van der Waals surface area contributed by atoms with Crippen LogP contribution in [0.3, 0.4) is 0 Å². The van der Waals surface area contributed by atoms with Crippen LogP contribution >= 0.6 is 22.6 Å². The van der Waals surface area contributed by atoms with Crippen molar-refractivity contribution in [2.45, 2.75) is 6.18 Å². The monoisotopic (exact) mass is 356 g/mol. The molecule has 0 aliphatic carbocycles. The lowest BCUT2D eigenvalue weighted by Crippen LogP contribution is -2.07. The molecule has 0 amide bonds. The zero-order chi connectivity index (χ0) is 12.6. The highest BCUT2D eigenvalue weighted by molar-refractivity contribution is 14.1. The first-order valence-electron chi connectivity index (χ1n) is 4.46. The van der Waals surface area contributed by atoms with Crippen LogP contribution in [-0.4, -0.2) is 10.2 Å². The highest BCUT2D eigenvalue weighted by Gasteiger charge is 2.37. The molecular formula is C10H5F4IN2. The molecule has 2 nitrogen and oxygen atoms in total. The molecule has 0 aliphatic heterocycles. The summed E-state index contributed by atoms with van der Waals surface area (Å²) in [6.45, 7) is 0. The van der Waals surface area contributed by atoms with Gasteiger partial charge in [0, 0.05) is 5.56 Å². The number of nitrogens with zero attached hydrogens (tertiary/aromatic N) is 1. The lowest BCUT2D eigenvalue weighted by atomic mass is 10.1. The fourth-order valence-corrected chi connectivity index (χ4v) is 2.13. The minimum Gasteiger partial charge on any atom is -0.272 e. The Morgan fingerprint density at radius 1 is 1.24 bits per heavy atom. The van der Waals surface area contributed by atoms with E-state index in [1.165, 1.54) is 18.2 Å². The molecule has 2 aromatic rings. The van der Waals surface area contributed by atoms with Crippen LogP contribution in [0.4, 0.5) is 17.6 Å². The van der Waals surface area contributed by atoms with Crippen molar-refractivity contribution in [3.8, 4) is 11.1 Å². The van der Waals surface area contributed by atoms with Crippen LogP contribution in [0.5, 0.6) is 0 Å². The summed E-state index contributed by atoms with van der Waals surface area (Å²) in [4.78, 5) is 0. The number of halogens is 5. The predicted octanol–water partition coefficient (Wildman–Crippen LogP) is 3.84. The van der Waals surface area contributed by atoms with Gasteiger partial charge in [-0.1, -0.05) is 12.1 Å². The largest absolute Gasteiger partial charge is 0.433 e. The number of nitrogens with one attached hydrogen (secondary N) is 1. The van der Waals surface area contributed by atoms with Crippen molar-refractivity contribution in [2.24, 2.45) is 0 Å². The van der Waals surface area contributed by atoms with E-state index in [1.807, 2.05) is 5.10 Å². The first-order valence-corrected chi connectivity index (χ1v) is 5.54. The average Bonchev–Trinajstić information content (AvgIpc) is 2.59. The van der Waals surface area contributed by atoms with Gasteiger partial charge in [0.1, 0.15) is 15.2 Å². The molecule has 2 rings (SSSR count). The average molecular weight is 356 g/mol. The highest BCUT2D eigenvalue weighted by atomic mass is 127. The van der Waals surface area contributed by atoms with Gasteiger partial charge in [-0.05, 0) is 40.3 Å². The Morgan fingerprint density at radius 3 is 2.53 bits per heavy atom. The maximum absolute atomic E-state index is 13.0. The Morgan fingerprint density at radius 2 is 1.94 bits per heavy atom. The number of alkyl halides is 3. The van der Waals surface area contributed by atoms with Crippen molar-refractivity contribution < 1.29 is 17.6 Å². The lowest BCUT2D eigenvalue weighted by Gasteiger charge is -2.07. The number of aromatic nitrogens is 2. The minimum absolute atomic E-state index is 0.127. The number of hydrogen-bond donors (Lipinski definition) is 1. The molecule has 17 heavy (non-hydrogen) atoms. The topological polar surface area (TPSA) is 28.7 Å². The Balaban J connectivity index is 2.63. The van der Waals surface area contributed by atoms with Crippen LogP contribution in [0.2, 0.25) is 0 Å². The second kappa shape index (κ2) is 4.28. The van der Waals surface area contributed by atoms with E-state index < -0.39 is 17.7 Å². The van der Waals surface area contributed by atoms with Gasteiger partial charge in [0.15, 0.2) is 0 Å². The molecule has 1 N–H and O–H groups in total. The van der Waals surface area contributed by atoms with Gasteiger partial charge in [0.25, 0.3) is 0 Å². The summed E-state index contributed by atoms with van der Waals surface area (Å²) in [6, 6.07) is 4.98. The van der Waals surface area contributed by atoms with Crippen molar-refractivity contribution in [1.82, 2.24) is 10.2 Å². The fraction of sp³-hybridized carbons (Fsp3) is 0.100. The third-order valence-electron chi connectivity index (χ3n) is 2.12. The molecule has 0 aliphatic rings. The molecule has 0 spiro atoms. The van der Waals surface area contributed by atoms with Gasteiger partial charge >= 0.3 is 6.18 Å². The number of benzene rings is 1. The van der Waals surface area contributed by atoms with Crippen molar-refractivity contribution in [1.29, 1.82) is 0 Å². The Labute approximate surface area is 107 Å². The van der Waals surface area contributed by atoms with Crippen LogP contribution in [-0.2, 0) is 6.18 Å². The summed E-state index contributed by atoms with van der Waals surface area (Å²) >= 11 is 1.67. The molecule has 1 aromatic carbocycles. The third kappa shape index (κ3) is 2.43. The molecule has 0 saturated carbocycles. The van der Waals surface area contributed by atoms with E-state index in [4.69, 9.17) is 0 Å². The predicted molar refractivity (Wildman–Crippen MR) is 61.7 cm³/mol. The van der Waals surface area contributed by atoms with Gasteiger partial charge in [-0.3, -0.25) is 5.10 Å². The normalized spacial score (nSPS) is 11.8. The van der Waals surface area contributed by atoms with Crippen LogP contribution < -0.4 is 0 Å².